The normalized spacial score (nSPS) is 12.1. The van der Waals surface area contributed by atoms with Gasteiger partial charge < -0.3 is 9.47 Å². The van der Waals surface area contributed by atoms with Gasteiger partial charge in [-0.25, -0.2) is 4.39 Å². The molecular weight excluding hydrogens is 347 g/mol. The van der Waals surface area contributed by atoms with Gasteiger partial charge >= 0.3 is 0 Å². The van der Waals surface area contributed by atoms with Gasteiger partial charge in [-0.15, -0.1) is 0 Å². The van der Waals surface area contributed by atoms with Gasteiger partial charge in [0.2, 0.25) is 0 Å². The number of methoxy groups -OCH3 is 2. The van der Waals surface area contributed by atoms with E-state index in [1.165, 1.54) is 13.2 Å². The number of halogens is 3. The van der Waals surface area contributed by atoms with E-state index in [-0.39, 0.29) is 10.6 Å². The predicted molar refractivity (Wildman–Crippen MR) is 81.7 cm³/mol. The van der Waals surface area contributed by atoms with E-state index < -0.39 is 0 Å². The zero-order chi connectivity index (χ0) is 14.7. The maximum Gasteiger partial charge on any atom is 0.162 e. The molecule has 5 heteroatoms. The third-order valence-electron chi connectivity index (χ3n) is 2.95. The molecule has 0 fully saturated rings. The molecule has 0 aromatic heterocycles. The average Bonchev–Trinajstić information content (AvgIpc) is 2.46. The van der Waals surface area contributed by atoms with E-state index in [9.17, 15) is 4.39 Å². The van der Waals surface area contributed by atoms with Crippen molar-refractivity contribution in [2.45, 2.75) is 4.83 Å². The van der Waals surface area contributed by atoms with Crippen LogP contribution in [0.4, 0.5) is 4.39 Å². The van der Waals surface area contributed by atoms with Crippen LogP contribution in [0.1, 0.15) is 16.0 Å². The lowest BCUT2D eigenvalue weighted by Gasteiger charge is -2.16. The van der Waals surface area contributed by atoms with Crippen molar-refractivity contribution in [2.24, 2.45) is 0 Å². The fourth-order valence-corrected chi connectivity index (χ4v) is 3.06. The van der Waals surface area contributed by atoms with Crippen LogP contribution in [0.3, 0.4) is 0 Å². The Morgan fingerprint density at radius 3 is 2.25 bits per heavy atom. The van der Waals surface area contributed by atoms with Crippen molar-refractivity contribution in [3.8, 4) is 11.5 Å². The molecule has 0 aliphatic heterocycles. The molecule has 0 aliphatic carbocycles. The fraction of sp³-hybridized carbons (Fsp3) is 0.200. The Morgan fingerprint density at radius 2 is 1.65 bits per heavy atom. The monoisotopic (exact) mass is 358 g/mol. The topological polar surface area (TPSA) is 18.5 Å². The Morgan fingerprint density at radius 1 is 1.05 bits per heavy atom. The molecule has 2 aromatic carbocycles. The molecule has 0 heterocycles. The predicted octanol–water partition coefficient (Wildman–Crippen LogP) is 4.98. The summed E-state index contributed by atoms with van der Waals surface area (Å²) in [6.45, 7) is 0. The zero-order valence-corrected chi connectivity index (χ0v) is 13.3. The Kier molecular flexibility index (Phi) is 4.89. The third kappa shape index (κ3) is 2.91. The molecule has 2 rings (SSSR count). The molecule has 0 amide bonds. The Balaban J connectivity index is 2.50. The number of rotatable bonds is 4. The first-order chi connectivity index (χ1) is 9.58. The fourth-order valence-electron chi connectivity index (χ4n) is 1.91. The van der Waals surface area contributed by atoms with Crippen molar-refractivity contribution in [1.29, 1.82) is 0 Å². The highest BCUT2D eigenvalue weighted by Gasteiger charge is 2.20. The standard InChI is InChI=1S/C15H13BrClFO2/c1-19-13-7-10(11(17)8-14(13)20-2)15(16)9-5-3-4-6-12(9)18/h3-8,15H,1-2H3. The molecular formula is C15H13BrClFO2. The van der Waals surface area contributed by atoms with Crippen LogP contribution in [-0.2, 0) is 0 Å². The highest BCUT2D eigenvalue weighted by atomic mass is 79.9. The van der Waals surface area contributed by atoms with Gasteiger partial charge in [0.05, 0.1) is 19.0 Å². The summed E-state index contributed by atoms with van der Waals surface area (Å²) in [4.78, 5) is -0.365. The minimum atomic E-state index is -0.365. The second-order valence-corrected chi connectivity index (χ2v) is 5.44. The first-order valence-electron chi connectivity index (χ1n) is 5.88. The molecule has 0 saturated carbocycles. The van der Waals surface area contributed by atoms with Crippen molar-refractivity contribution in [2.75, 3.05) is 14.2 Å². The van der Waals surface area contributed by atoms with Gasteiger partial charge in [0.1, 0.15) is 5.82 Å². The number of hydrogen-bond acceptors (Lipinski definition) is 2. The van der Waals surface area contributed by atoms with Crippen molar-refractivity contribution >= 4 is 27.5 Å². The Labute approximate surface area is 130 Å². The van der Waals surface area contributed by atoms with Gasteiger partial charge in [-0.2, -0.15) is 0 Å². The molecule has 1 atom stereocenters. The SMILES string of the molecule is COc1cc(Cl)c(C(Br)c2ccccc2F)cc1OC. The summed E-state index contributed by atoms with van der Waals surface area (Å²) in [5.41, 5.74) is 1.23. The van der Waals surface area contributed by atoms with E-state index in [1.54, 1.807) is 37.4 Å². The van der Waals surface area contributed by atoms with E-state index in [0.717, 1.165) is 5.56 Å². The number of benzene rings is 2. The van der Waals surface area contributed by atoms with E-state index in [1.807, 2.05) is 0 Å². The molecule has 0 N–H and O–H groups in total. The van der Waals surface area contributed by atoms with Crippen LogP contribution in [-0.4, -0.2) is 14.2 Å². The highest BCUT2D eigenvalue weighted by molar-refractivity contribution is 9.09. The van der Waals surface area contributed by atoms with Crippen LogP contribution in [0, 0.1) is 5.82 Å². The van der Waals surface area contributed by atoms with Gasteiger partial charge in [-0.3, -0.25) is 0 Å². The molecule has 20 heavy (non-hydrogen) atoms. The molecule has 0 radical (unpaired) electrons. The lowest BCUT2D eigenvalue weighted by atomic mass is 10.0. The van der Waals surface area contributed by atoms with Gasteiger partial charge in [-0.05, 0) is 17.7 Å². The van der Waals surface area contributed by atoms with Gasteiger partial charge in [0, 0.05) is 16.7 Å². The van der Waals surface area contributed by atoms with Crippen LogP contribution >= 0.6 is 27.5 Å². The second kappa shape index (κ2) is 6.46. The summed E-state index contributed by atoms with van der Waals surface area (Å²) in [7, 11) is 3.08. The van der Waals surface area contributed by atoms with Gasteiger partial charge in [-0.1, -0.05) is 45.7 Å². The molecule has 2 aromatic rings. The summed E-state index contributed by atoms with van der Waals surface area (Å²) >= 11 is 9.73. The van der Waals surface area contributed by atoms with Crippen LogP contribution in [0.15, 0.2) is 36.4 Å². The van der Waals surface area contributed by atoms with Gasteiger partial charge in [0.15, 0.2) is 11.5 Å². The van der Waals surface area contributed by atoms with E-state index >= 15 is 0 Å². The smallest absolute Gasteiger partial charge is 0.162 e. The van der Waals surface area contributed by atoms with Crippen LogP contribution in [0.5, 0.6) is 11.5 Å². The van der Waals surface area contributed by atoms with Crippen LogP contribution in [0.2, 0.25) is 5.02 Å². The molecule has 0 bridgehead atoms. The summed E-state index contributed by atoms with van der Waals surface area (Å²) in [6.07, 6.45) is 0. The molecule has 0 saturated heterocycles. The molecule has 0 spiro atoms. The lowest BCUT2D eigenvalue weighted by molar-refractivity contribution is 0.354. The van der Waals surface area contributed by atoms with Gasteiger partial charge in [0.25, 0.3) is 0 Å². The largest absolute Gasteiger partial charge is 0.493 e. The Hall–Kier alpha value is -1.26. The minimum absolute atomic E-state index is 0.291. The average molecular weight is 360 g/mol. The quantitative estimate of drug-likeness (QED) is 0.717. The highest BCUT2D eigenvalue weighted by Crippen LogP contribution is 2.41. The second-order valence-electron chi connectivity index (χ2n) is 4.11. The zero-order valence-electron chi connectivity index (χ0n) is 11.0. The summed E-state index contributed by atoms with van der Waals surface area (Å²) in [6, 6.07) is 9.95. The molecule has 1 unspecified atom stereocenters. The molecule has 106 valence electrons. The van der Waals surface area contributed by atoms with Crippen molar-refractivity contribution < 1.29 is 13.9 Å². The van der Waals surface area contributed by atoms with Crippen molar-refractivity contribution in [3.63, 3.8) is 0 Å². The van der Waals surface area contributed by atoms with Crippen LogP contribution in [0.25, 0.3) is 0 Å². The van der Waals surface area contributed by atoms with E-state index in [0.29, 0.717) is 22.1 Å². The third-order valence-corrected chi connectivity index (χ3v) is 4.27. The van der Waals surface area contributed by atoms with E-state index in [4.69, 9.17) is 21.1 Å². The minimum Gasteiger partial charge on any atom is -0.493 e. The number of hydrogen-bond donors (Lipinski definition) is 0. The maximum atomic E-state index is 13.9. The summed E-state index contributed by atoms with van der Waals surface area (Å²) < 4.78 is 24.3. The first kappa shape index (κ1) is 15.1. The maximum absolute atomic E-state index is 13.9. The summed E-state index contributed by atoms with van der Waals surface area (Å²) in [5, 5.41) is 0.479. The molecule has 2 nitrogen and oxygen atoms in total. The summed E-state index contributed by atoms with van der Waals surface area (Å²) in [5.74, 6) is 0.794. The van der Waals surface area contributed by atoms with E-state index in [2.05, 4.69) is 15.9 Å². The number of alkyl halides is 1. The Bertz CT molecular complexity index is 619. The van der Waals surface area contributed by atoms with Crippen molar-refractivity contribution in [1.82, 2.24) is 0 Å². The molecule has 0 aliphatic rings. The van der Waals surface area contributed by atoms with Crippen LogP contribution < -0.4 is 9.47 Å². The lowest BCUT2D eigenvalue weighted by Crippen LogP contribution is -1.99. The number of ether oxygens (including phenoxy) is 2. The van der Waals surface area contributed by atoms with Crippen molar-refractivity contribution in [3.05, 3.63) is 58.4 Å². The first-order valence-corrected chi connectivity index (χ1v) is 7.17.